The van der Waals surface area contributed by atoms with E-state index in [-0.39, 0.29) is 6.04 Å². The first-order chi connectivity index (χ1) is 8.70. The zero-order valence-electron chi connectivity index (χ0n) is 12.0. The van der Waals surface area contributed by atoms with Crippen molar-refractivity contribution >= 4 is 15.7 Å². The Bertz CT molecular complexity index is 612. The van der Waals surface area contributed by atoms with E-state index in [1.165, 1.54) is 0 Å². The van der Waals surface area contributed by atoms with Gasteiger partial charge in [0.15, 0.2) is 0 Å². The van der Waals surface area contributed by atoms with E-state index in [0.717, 1.165) is 16.8 Å². The molecule has 0 bridgehead atoms. The summed E-state index contributed by atoms with van der Waals surface area (Å²) in [6, 6.07) is 5.63. The molecular formula is C15H21NO2S. The summed E-state index contributed by atoms with van der Waals surface area (Å²) in [4.78, 5) is 0. The van der Waals surface area contributed by atoms with E-state index in [1.54, 1.807) is 31.2 Å². The number of aryl methyl sites for hydroxylation is 1. The van der Waals surface area contributed by atoms with Crippen molar-refractivity contribution in [3.63, 3.8) is 0 Å². The Hall–Kier alpha value is -1.29. The smallest absolute Gasteiger partial charge is 0.240 e. The Morgan fingerprint density at radius 3 is 2.53 bits per heavy atom. The molecule has 1 aliphatic rings. The highest BCUT2D eigenvalue weighted by molar-refractivity contribution is 7.94. The number of anilines is 1. The predicted octanol–water partition coefficient (Wildman–Crippen LogP) is 3.04. The second-order valence-electron chi connectivity index (χ2n) is 5.99. The van der Waals surface area contributed by atoms with Crippen LogP contribution in [-0.4, -0.2) is 19.2 Å². The molecule has 0 N–H and O–H groups in total. The quantitative estimate of drug-likeness (QED) is 0.780. The van der Waals surface area contributed by atoms with Gasteiger partial charge in [-0.05, 0) is 51.3 Å². The Balaban J connectivity index is 2.64. The van der Waals surface area contributed by atoms with Gasteiger partial charge in [0, 0.05) is 0 Å². The van der Waals surface area contributed by atoms with Crippen LogP contribution < -0.4 is 4.31 Å². The summed E-state index contributed by atoms with van der Waals surface area (Å²) in [7, 11) is -3.41. The lowest BCUT2D eigenvalue weighted by molar-refractivity contribution is 0.552. The summed E-state index contributed by atoms with van der Waals surface area (Å²) >= 11 is 0. The molecule has 0 unspecified atom stereocenters. The van der Waals surface area contributed by atoms with Crippen LogP contribution in [0.4, 0.5) is 5.69 Å². The summed E-state index contributed by atoms with van der Waals surface area (Å²) in [5.41, 5.74) is 3.05. The molecule has 2 rings (SSSR count). The molecule has 1 atom stereocenters. The van der Waals surface area contributed by atoms with Gasteiger partial charge in [0.2, 0.25) is 10.0 Å². The molecule has 4 heteroatoms. The fourth-order valence-corrected chi connectivity index (χ4v) is 3.95. The third kappa shape index (κ3) is 2.08. The topological polar surface area (TPSA) is 37.4 Å². The third-order valence-electron chi connectivity index (χ3n) is 3.64. The van der Waals surface area contributed by atoms with Crippen LogP contribution >= 0.6 is 0 Å². The zero-order chi connectivity index (χ0) is 14.4. The fraction of sp³-hybridized carbons (Fsp3) is 0.467. The molecule has 0 aromatic heterocycles. The second kappa shape index (κ2) is 4.37. The first-order valence-corrected chi connectivity index (χ1v) is 7.89. The number of fused-ring (bicyclic) bond motifs is 1. The highest BCUT2D eigenvalue weighted by atomic mass is 32.2. The van der Waals surface area contributed by atoms with Crippen LogP contribution in [0.3, 0.4) is 0 Å². The van der Waals surface area contributed by atoms with Crippen LogP contribution in [-0.2, 0) is 16.4 Å². The Kier molecular flexibility index (Phi) is 3.25. The third-order valence-corrected chi connectivity index (χ3v) is 6.18. The molecule has 19 heavy (non-hydrogen) atoms. The maximum absolute atomic E-state index is 12.8. The van der Waals surface area contributed by atoms with Crippen LogP contribution in [0.2, 0.25) is 0 Å². The molecule has 0 saturated carbocycles. The minimum Gasteiger partial charge on any atom is -0.262 e. The lowest BCUT2D eigenvalue weighted by Gasteiger charge is -2.32. The predicted molar refractivity (Wildman–Crippen MR) is 80.0 cm³/mol. The van der Waals surface area contributed by atoms with Crippen molar-refractivity contribution in [1.29, 1.82) is 0 Å². The Labute approximate surface area is 116 Å². The first-order valence-electron chi connectivity index (χ1n) is 6.45. The average Bonchev–Trinajstić information content (AvgIpc) is 2.67. The standard InChI is InChI=1S/C15H21NO2S/c1-6-12-10-13-11(2)8-7-9-14(13)16(12)19(17,18)15(3,4)5/h6-9,12H,1,10H2,2-5H3/t12-/m1/s1. The monoisotopic (exact) mass is 279 g/mol. The van der Waals surface area contributed by atoms with Crippen molar-refractivity contribution in [3.05, 3.63) is 42.0 Å². The van der Waals surface area contributed by atoms with E-state index in [0.29, 0.717) is 6.42 Å². The van der Waals surface area contributed by atoms with Crippen molar-refractivity contribution in [1.82, 2.24) is 0 Å². The molecule has 0 amide bonds. The van der Waals surface area contributed by atoms with Crippen LogP contribution in [0, 0.1) is 6.92 Å². The lowest BCUT2D eigenvalue weighted by atomic mass is 10.0. The van der Waals surface area contributed by atoms with Gasteiger partial charge >= 0.3 is 0 Å². The Morgan fingerprint density at radius 2 is 2.00 bits per heavy atom. The minimum absolute atomic E-state index is 0.180. The van der Waals surface area contributed by atoms with Crippen LogP contribution in [0.15, 0.2) is 30.9 Å². The number of hydrogen-bond donors (Lipinski definition) is 0. The van der Waals surface area contributed by atoms with Crippen LogP contribution in [0.1, 0.15) is 31.9 Å². The van der Waals surface area contributed by atoms with Crippen LogP contribution in [0.25, 0.3) is 0 Å². The molecule has 104 valence electrons. The van der Waals surface area contributed by atoms with E-state index in [2.05, 4.69) is 6.58 Å². The summed E-state index contributed by atoms with van der Waals surface area (Å²) in [6.07, 6.45) is 2.43. The lowest BCUT2D eigenvalue weighted by Crippen LogP contribution is -2.46. The van der Waals surface area contributed by atoms with Gasteiger partial charge in [0.05, 0.1) is 16.5 Å². The number of sulfonamides is 1. The number of benzene rings is 1. The average molecular weight is 279 g/mol. The number of hydrogen-bond acceptors (Lipinski definition) is 2. The van der Waals surface area contributed by atoms with Crippen molar-refractivity contribution in [2.24, 2.45) is 0 Å². The molecule has 1 aromatic rings. The van der Waals surface area contributed by atoms with Crippen molar-refractivity contribution in [2.75, 3.05) is 4.31 Å². The molecule has 0 spiro atoms. The van der Waals surface area contributed by atoms with E-state index in [9.17, 15) is 8.42 Å². The molecular weight excluding hydrogens is 258 g/mol. The summed E-state index contributed by atoms with van der Waals surface area (Å²) in [6.45, 7) is 11.0. The maximum atomic E-state index is 12.8. The van der Waals surface area contributed by atoms with E-state index in [4.69, 9.17) is 0 Å². The minimum atomic E-state index is -3.41. The molecule has 0 fully saturated rings. The summed E-state index contributed by atoms with van der Waals surface area (Å²) < 4.78 is 26.3. The highest BCUT2D eigenvalue weighted by Gasteiger charge is 2.42. The zero-order valence-corrected chi connectivity index (χ0v) is 12.8. The van der Waals surface area contributed by atoms with Crippen molar-refractivity contribution in [3.8, 4) is 0 Å². The molecule has 0 radical (unpaired) electrons. The van der Waals surface area contributed by atoms with Gasteiger partial charge in [-0.15, -0.1) is 6.58 Å². The molecule has 0 saturated heterocycles. The van der Waals surface area contributed by atoms with Gasteiger partial charge in [-0.3, -0.25) is 4.31 Å². The maximum Gasteiger partial charge on any atom is 0.240 e. The van der Waals surface area contributed by atoms with E-state index < -0.39 is 14.8 Å². The van der Waals surface area contributed by atoms with Gasteiger partial charge in [0.25, 0.3) is 0 Å². The molecule has 1 aromatic carbocycles. The first kappa shape index (κ1) is 14.1. The van der Waals surface area contributed by atoms with Gasteiger partial charge in [0.1, 0.15) is 0 Å². The summed E-state index contributed by atoms with van der Waals surface area (Å²) in [5.74, 6) is 0. The van der Waals surface area contributed by atoms with Crippen molar-refractivity contribution < 1.29 is 8.42 Å². The molecule has 3 nitrogen and oxygen atoms in total. The highest BCUT2D eigenvalue weighted by Crippen LogP contribution is 2.39. The number of rotatable bonds is 2. The molecule has 1 aliphatic heterocycles. The van der Waals surface area contributed by atoms with Crippen molar-refractivity contribution in [2.45, 2.75) is 44.9 Å². The SMILES string of the molecule is C=C[C@@H]1Cc2c(C)cccc2N1S(=O)(=O)C(C)(C)C. The van der Waals surface area contributed by atoms with E-state index in [1.807, 2.05) is 25.1 Å². The van der Waals surface area contributed by atoms with Crippen LogP contribution in [0.5, 0.6) is 0 Å². The normalized spacial score (nSPS) is 19.4. The number of nitrogens with zero attached hydrogens (tertiary/aromatic N) is 1. The van der Waals surface area contributed by atoms with E-state index >= 15 is 0 Å². The van der Waals surface area contributed by atoms with Gasteiger partial charge < -0.3 is 0 Å². The molecule has 0 aliphatic carbocycles. The largest absolute Gasteiger partial charge is 0.262 e. The van der Waals surface area contributed by atoms with Gasteiger partial charge in [-0.25, -0.2) is 8.42 Å². The van der Waals surface area contributed by atoms with Gasteiger partial charge in [-0.2, -0.15) is 0 Å². The molecule has 1 heterocycles. The Morgan fingerprint density at radius 1 is 1.37 bits per heavy atom. The summed E-state index contributed by atoms with van der Waals surface area (Å²) in [5, 5.41) is 0. The fourth-order valence-electron chi connectivity index (χ4n) is 2.41. The van der Waals surface area contributed by atoms with Gasteiger partial charge in [-0.1, -0.05) is 18.2 Å². The second-order valence-corrected chi connectivity index (χ2v) is 8.56.